The number of rotatable bonds is 4. The van der Waals surface area contributed by atoms with Crippen molar-refractivity contribution in [3.05, 3.63) is 47.4 Å². The number of halogens is 3. The highest BCUT2D eigenvalue weighted by Crippen LogP contribution is 2.37. The molecule has 0 amide bonds. The molecule has 0 saturated heterocycles. The number of alkyl halides is 3. The molecule has 1 N–H and O–H groups in total. The van der Waals surface area contributed by atoms with E-state index in [1.165, 1.54) is 18.3 Å². The third-order valence-electron chi connectivity index (χ3n) is 4.65. The quantitative estimate of drug-likeness (QED) is 0.845. The number of nitrogens with zero attached hydrogens (tertiary/aromatic N) is 2. The zero-order valence-corrected chi connectivity index (χ0v) is 16.2. The van der Waals surface area contributed by atoms with Gasteiger partial charge in [-0.1, -0.05) is 32.9 Å². The van der Waals surface area contributed by atoms with Gasteiger partial charge in [-0.3, -0.25) is 0 Å². The molecule has 1 unspecified atom stereocenters. The molecule has 1 aromatic carbocycles. The van der Waals surface area contributed by atoms with Gasteiger partial charge in [-0.2, -0.15) is 13.2 Å². The molecule has 1 aromatic heterocycles. The molecule has 0 radical (unpaired) electrons. The maximum Gasteiger partial charge on any atom is 0.416 e. The van der Waals surface area contributed by atoms with Gasteiger partial charge in [0.15, 0.2) is 5.03 Å². The van der Waals surface area contributed by atoms with Gasteiger partial charge in [0.2, 0.25) is 0 Å². The Morgan fingerprint density at radius 3 is 2.56 bits per heavy atom. The average molecular weight is 401 g/mol. The van der Waals surface area contributed by atoms with Crippen molar-refractivity contribution >= 4 is 10.0 Å². The lowest BCUT2D eigenvalue weighted by Gasteiger charge is -2.32. The lowest BCUT2D eigenvalue weighted by atomic mass is 9.82. The molecule has 0 fully saturated rings. The predicted octanol–water partition coefficient (Wildman–Crippen LogP) is 3.91. The van der Waals surface area contributed by atoms with Crippen LogP contribution in [0.4, 0.5) is 13.2 Å². The van der Waals surface area contributed by atoms with Crippen LogP contribution >= 0.6 is 0 Å². The van der Waals surface area contributed by atoms with Crippen LogP contribution in [0, 0.1) is 5.41 Å². The molecule has 0 saturated carbocycles. The minimum Gasteiger partial charge on any atom is -0.318 e. The average Bonchev–Trinajstić information content (AvgIpc) is 3.14. The second-order valence-electron chi connectivity index (χ2n) is 7.81. The molecule has 0 aliphatic carbocycles. The van der Waals surface area contributed by atoms with Gasteiger partial charge in [0, 0.05) is 13.0 Å². The summed E-state index contributed by atoms with van der Waals surface area (Å²) in [7, 11) is -3.95. The van der Waals surface area contributed by atoms with Crippen LogP contribution in [0.15, 0.2) is 35.5 Å². The summed E-state index contributed by atoms with van der Waals surface area (Å²) in [6.07, 6.45) is -1.65. The van der Waals surface area contributed by atoms with Crippen molar-refractivity contribution in [3.8, 4) is 0 Å². The first-order chi connectivity index (χ1) is 12.4. The molecule has 5 nitrogen and oxygen atoms in total. The summed E-state index contributed by atoms with van der Waals surface area (Å²) in [6.45, 7) is 5.90. The lowest BCUT2D eigenvalue weighted by Crippen LogP contribution is -2.37. The number of hydrogen-bond donors (Lipinski definition) is 1. The Bertz CT molecular complexity index is 943. The highest BCUT2D eigenvalue weighted by Gasteiger charge is 2.36. The van der Waals surface area contributed by atoms with E-state index < -0.39 is 33.2 Å². The number of aromatic nitrogens is 2. The molecule has 3 rings (SSSR count). The van der Waals surface area contributed by atoms with Crippen LogP contribution in [0.25, 0.3) is 0 Å². The Morgan fingerprint density at radius 2 is 1.93 bits per heavy atom. The van der Waals surface area contributed by atoms with E-state index in [9.17, 15) is 21.6 Å². The predicted molar refractivity (Wildman–Crippen MR) is 94.5 cm³/mol. The van der Waals surface area contributed by atoms with Crippen LogP contribution in [-0.4, -0.2) is 18.0 Å². The molecule has 148 valence electrons. The van der Waals surface area contributed by atoms with Gasteiger partial charge in [0.25, 0.3) is 10.0 Å². The van der Waals surface area contributed by atoms with Gasteiger partial charge < -0.3 is 4.57 Å². The van der Waals surface area contributed by atoms with Crippen molar-refractivity contribution in [2.75, 3.05) is 0 Å². The number of sulfonamides is 1. The Balaban J connectivity index is 2.00. The van der Waals surface area contributed by atoms with E-state index >= 15 is 0 Å². The number of hydrogen-bond acceptors (Lipinski definition) is 3. The van der Waals surface area contributed by atoms with Gasteiger partial charge in [-0.05, 0) is 29.5 Å². The Kier molecular flexibility index (Phi) is 4.88. The lowest BCUT2D eigenvalue weighted by molar-refractivity contribution is -0.137. The monoisotopic (exact) mass is 401 g/mol. The van der Waals surface area contributed by atoms with Crippen molar-refractivity contribution in [3.63, 3.8) is 0 Å². The van der Waals surface area contributed by atoms with Crippen LogP contribution in [0.1, 0.15) is 50.2 Å². The molecular formula is C18H22F3N3O2S. The number of fused-ring (bicyclic) bond motifs is 1. The second-order valence-corrected chi connectivity index (χ2v) is 9.47. The molecule has 2 aromatic rings. The van der Waals surface area contributed by atoms with Crippen LogP contribution < -0.4 is 4.72 Å². The van der Waals surface area contributed by atoms with E-state index in [2.05, 4.69) is 9.71 Å². The number of nitrogens with one attached hydrogen (secondary N) is 1. The van der Waals surface area contributed by atoms with Crippen molar-refractivity contribution < 1.29 is 21.6 Å². The van der Waals surface area contributed by atoms with Crippen molar-refractivity contribution in [1.29, 1.82) is 0 Å². The fraction of sp³-hybridized carbons (Fsp3) is 0.500. The van der Waals surface area contributed by atoms with E-state index in [4.69, 9.17) is 0 Å². The maximum absolute atomic E-state index is 13.1. The van der Waals surface area contributed by atoms with E-state index in [1.54, 1.807) is 25.3 Å². The first kappa shape index (κ1) is 19.9. The Hall–Kier alpha value is -1.87. The van der Waals surface area contributed by atoms with Crippen LogP contribution in [0.3, 0.4) is 0 Å². The fourth-order valence-electron chi connectivity index (χ4n) is 3.30. The van der Waals surface area contributed by atoms with E-state index in [0.29, 0.717) is 18.8 Å². The molecule has 1 aliphatic rings. The summed E-state index contributed by atoms with van der Waals surface area (Å²) in [5.74, 6) is 0.710. The summed E-state index contributed by atoms with van der Waals surface area (Å²) < 4.78 is 69.5. The second kappa shape index (κ2) is 6.63. The largest absolute Gasteiger partial charge is 0.416 e. The summed E-state index contributed by atoms with van der Waals surface area (Å²) in [5, 5.41) is 0.0521. The first-order valence-electron chi connectivity index (χ1n) is 8.63. The zero-order valence-electron chi connectivity index (χ0n) is 15.3. The van der Waals surface area contributed by atoms with Crippen molar-refractivity contribution in [1.82, 2.24) is 14.3 Å². The van der Waals surface area contributed by atoms with E-state index in [1.807, 2.05) is 0 Å². The third-order valence-corrected chi connectivity index (χ3v) is 6.07. The van der Waals surface area contributed by atoms with Gasteiger partial charge in [-0.25, -0.2) is 18.1 Å². The summed E-state index contributed by atoms with van der Waals surface area (Å²) >= 11 is 0. The SMILES string of the molecule is CC(C)(C)C(NS(=O)(=O)c1cnc2n1CCC2)c1cccc(C(F)(F)F)c1. The van der Waals surface area contributed by atoms with Crippen LogP contribution in [0.5, 0.6) is 0 Å². The van der Waals surface area contributed by atoms with Gasteiger partial charge in [0.05, 0.1) is 17.8 Å². The molecule has 0 spiro atoms. The smallest absolute Gasteiger partial charge is 0.318 e. The number of benzene rings is 1. The zero-order chi connectivity index (χ0) is 20.0. The van der Waals surface area contributed by atoms with Crippen molar-refractivity contribution in [2.24, 2.45) is 5.41 Å². The number of imidazole rings is 1. The van der Waals surface area contributed by atoms with E-state index in [0.717, 1.165) is 18.6 Å². The first-order valence-corrected chi connectivity index (χ1v) is 10.1. The highest BCUT2D eigenvalue weighted by molar-refractivity contribution is 7.89. The van der Waals surface area contributed by atoms with Gasteiger partial charge >= 0.3 is 6.18 Å². The molecular weight excluding hydrogens is 379 g/mol. The summed E-state index contributed by atoms with van der Waals surface area (Å²) in [4.78, 5) is 4.15. The topological polar surface area (TPSA) is 64.0 Å². The Labute approximate surface area is 156 Å². The molecule has 1 aliphatic heterocycles. The highest BCUT2D eigenvalue weighted by atomic mass is 32.2. The standard InChI is InChI=1S/C18H22F3N3O2S/c1-17(2,3)16(12-6-4-7-13(10-12)18(19,20)21)23-27(25,26)15-11-22-14-8-5-9-24(14)15/h4,6-7,10-11,16,23H,5,8-9H2,1-3H3. The minimum atomic E-state index is -4.50. The van der Waals surface area contributed by atoms with Gasteiger partial charge in [0.1, 0.15) is 5.82 Å². The molecule has 1 atom stereocenters. The number of aryl methyl sites for hydroxylation is 1. The molecule has 27 heavy (non-hydrogen) atoms. The van der Waals surface area contributed by atoms with Crippen LogP contribution in [0.2, 0.25) is 0 Å². The normalized spacial score (nSPS) is 16.4. The molecule has 0 bridgehead atoms. The minimum absolute atomic E-state index is 0.0521. The fourth-order valence-corrected chi connectivity index (χ4v) is 4.90. The van der Waals surface area contributed by atoms with Crippen molar-refractivity contribution in [2.45, 2.75) is 57.4 Å². The van der Waals surface area contributed by atoms with Crippen LogP contribution in [-0.2, 0) is 29.2 Å². The molecule has 9 heteroatoms. The third kappa shape index (κ3) is 4.03. The summed E-state index contributed by atoms with van der Waals surface area (Å²) in [5.41, 5.74) is -1.19. The van der Waals surface area contributed by atoms with Gasteiger partial charge in [-0.15, -0.1) is 0 Å². The maximum atomic E-state index is 13.1. The van der Waals surface area contributed by atoms with E-state index in [-0.39, 0.29) is 10.6 Å². The molecule has 2 heterocycles. The Morgan fingerprint density at radius 1 is 1.22 bits per heavy atom. The summed E-state index contributed by atoms with van der Waals surface area (Å²) in [6, 6.07) is 3.94.